The summed E-state index contributed by atoms with van der Waals surface area (Å²) in [5.41, 5.74) is 2.98. The van der Waals surface area contributed by atoms with E-state index in [9.17, 15) is 10.1 Å². The van der Waals surface area contributed by atoms with Crippen molar-refractivity contribution < 1.29 is 13.9 Å². The molecule has 1 amide bonds. The predicted molar refractivity (Wildman–Crippen MR) is 133 cm³/mol. The maximum Gasteiger partial charge on any atom is 0.277 e. The minimum atomic E-state index is -0.192. The maximum atomic E-state index is 12.6. The maximum absolute atomic E-state index is 12.6. The van der Waals surface area contributed by atoms with Gasteiger partial charge in [0.1, 0.15) is 16.8 Å². The van der Waals surface area contributed by atoms with Crippen LogP contribution in [0.3, 0.4) is 0 Å². The van der Waals surface area contributed by atoms with E-state index in [2.05, 4.69) is 42.4 Å². The average Bonchev–Trinajstić information content (AvgIpc) is 3.40. The summed E-state index contributed by atoms with van der Waals surface area (Å²) in [6, 6.07) is 9.96. The van der Waals surface area contributed by atoms with E-state index in [0.717, 1.165) is 36.1 Å². The number of benzene rings is 1. The first-order valence-corrected chi connectivity index (χ1v) is 13.0. The van der Waals surface area contributed by atoms with Crippen LogP contribution in [0, 0.1) is 22.7 Å². The molecular weight excluding hydrogens is 468 g/mol. The molecule has 0 saturated carbocycles. The van der Waals surface area contributed by atoms with Gasteiger partial charge in [-0.15, -0.1) is 21.5 Å². The summed E-state index contributed by atoms with van der Waals surface area (Å²) in [5, 5.41) is 21.8. The molecule has 1 aliphatic carbocycles. The highest BCUT2D eigenvalue weighted by Gasteiger charge is 2.32. The topological polar surface area (TPSA) is 101 Å². The molecule has 0 spiro atoms. The van der Waals surface area contributed by atoms with Crippen molar-refractivity contribution in [2.45, 2.75) is 51.7 Å². The number of aromatic nitrogens is 2. The molecule has 9 heteroatoms. The number of hydrogen-bond donors (Lipinski definition) is 1. The number of nitriles is 1. The Hall–Kier alpha value is -2.83. The number of methoxy groups -OCH3 is 1. The van der Waals surface area contributed by atoms with Gasteiger partial charge in [0.05, 0.1) is 24.8 Å². The van der Waals surface area contributed by atoms with Gasteiger partial charge in [0.25, 0.3) is 5.22 Å². The van der Waals surface area contributed by atoms with Crippen LogP contribution in [0.4, 0.5) is 5.00 Å². The molecule has 0 unspecified atom stereocenters. The Morgan fingerprint density at radius 1 is 1.32 bits per heavy atom. The fourth-order valence-corrected chi connectivity index (χ4v) is 5.98. The Morgan fingerprint density at radius 2 is 2.09 bits per heavy atom. The van der Waals surface area contributed by atoms with Crippen LogP contribution in [-0.4, -0.2) is 29.0 Å². The van der Waals surface area contributed by atoms with Gasteiger partial charge in [-0.3, -0.25) is 4.79 Å². The van der Waals surface area contributed by atoms with Crippen molar-refractivity contribution in [1.82, 2.24) is 10.2 Å². The third-order valence-corrected chi connectivity index (χ3v) is 8.13. The van der Waals surface area contributed by atoms with Crippen LogP contribution in [-0.2, 0) is 24.1 Å². The van der Waals surface area contributed by atoms with Crippen LogP contribution < -0.4 is 10.1 Å². The minimum Gasteiger partial charge on any atom is -0.497 e. The monoisotopic (exact) mass is 496 g/mol. The summed E-state index contributed by atoms with van der Waals surface area (Å²) < 4.78 is 10.8. The number of nitrogens with one attached hydrogen (secondary N) is 1. The zero-order valence-electron chi connectivity index (χ0n) is 19.8. The molecule has 2 aromatic heterocycles. The highest BCUT2D eigenvalue weighted by Crippen LogP contribution is 2.44. The van der Waals surface area contributed by atoms with E-state index in [-0.39, 0.29) is 17.1 Å². The molecule has 7 nitrogen and oxygen atoms in total. The van der Waals surface area contributed by atoms with Gasteiger partial charge in [-0.05, 0) is 53.9 Å². The van der Waals surface area contributed by atoms with E-state index in [4.69, 9.17) is 9.15 Å². The van der Waals surface area contributed by atoms with Crippen molar-refractivity contribution in [2.24, 2.45) is 11.3 Å². The first-order chi connectivity index (χ1) is 16.3. The Bertz CT molecular complexity index is 1200. The summed E-state index contributed by atoms with van der Waals surface area (Å²) in [4.78, 5) is 13.8. The highest BCUT2D eigenvalue weighted by molar-refractivity contribution is 7.99. The van der Waals surface area contributed by atoms with Gasteiger partial charge in [-0.1, -0.05) is 44.7 Å². The molecule has 1 aromatic carbocycles. The van der Waals surface area contributed by atoms with Crippen molar-refractivity contribution in [1.29, 1.82) is 5.26 Å². The molecule has 0 aliphatic heterocycles. The summed E-state index contributed by atoms with van der Waals surface area (Å²) in [7, 11) is 1.63. The number of thioether (sulfide) groups is 1. The Morgan fingerprint density at radius 3 is 2.76 bits per heavy atom. The van der Waals surface area contributed by atoms with E-state index < -0.39 is 0 Å². The molecule has 0 saturated heterocycles. The first-order valence-electron chi connectivity index (χ1n) is 11.2. The standard InChI is InChI=1S/C25H28N4O3S2/c1-25(2,3)16-7-10-18-19(13-26)23(34-20(18)12-16)27-21(30)14-33-24-29-28-22(32-24)11-15-5-8-17(31-4)9-6-15/h5-6,8-9,16H,7,10-12,14H2,1-4H3,(H,27,30)/t16-/m0/s1. The second kappa shape index (κ2) is 10.2. The van der Waals surface area contributed by atoms with E-state index >= 15 is 0 Å². The minimum absolute atomic E-state index is 0.127. The van der Waals surface area contributed by atoms with E-state index in [1.165, 1.54) is 16.6 Å². The first kappa shape index (κ1) is 24.3. The number of ether oxygens (including phenoxy) is 1. The van der Waals surface area contributed by atoms with Gasteiger partial charge in [0.15, 0.2) is 0 Å². The molecule has 0 fully saturated rings. The summed E-state index contributed by atoms with van der Waals surface area (Å²) in [6.45, 7) is 6.80. The van der Waals surface area contributed by atoms with Crippen molar-refractivity contribution in [3.05, 3.63) is 51.7 Å². The molecule has 4 rings (SSSR count). The Labute approximate surface area is 207 Å². The number of rotatable bonds is 7. The molecule has 0 bridgehead atoms. The van der Waals surface area contributed by atoms with Crippen LogP contribution in [0.1, 0.15) is 54.7 Å². The molecular formula is C25H28N4O3S2. The summed E-state index contributed by atoms with van der Waals surface area (Å²) >= 11 is 2.73. The zero-order valence-corrected chi connectivity index (χ0v) is 21.4. The quantitative estimate of drug-likeness (QED) is 0.432. The van der Waals surface area contributed by atoms with Crippen molar-refractivity contribution in [3.63, 3.8) is 0 Å². The number of anilines is 1. The van der Waals surface area contributed by atoms with Crippen molar-refractivity contribution >= 4 is 34.0 Å². The third-order valence-electron chi connectivity index (χ3n) is 6.14. The molecule has 1 atom stereocenters. The number of hydrogen-bond acceptors (Lipinski definition) is 8. The normalized spacial score (nSPS) is 15.4. The van der Waals surface area contributed by atoms with Crippen molar-refractivity contribution in [3.8, 4) is 11.8 Å². The third kappa shape index (κ3) is 5.62. The van der Waals surface area contributed by atoms with Crippen LogP contribution >= 0.6 is 23.1 Å². The largest absolute Gasteiger partial charge is 0.497 e. The van der Waals surface area contributed by atoms with Gasteiger partial charge in [0, 0.05) is 4.88 Å². The van der Waals surface area contributed by atoms with Crippen molar-refractivity contribution in [2.75, 3.05) is 18.2 Å². The smallest absolute Gasteiger partial charge is 0.277 e. The van der Waals surface area contributed by atoms with Crippen LogP contribution in [0.5, 0.6) is 5.75 Å². The van der Waals surface area contributed by atoms with Gasteiger partial charge >= 0.3 is 0 Å². The number of fused-ring (bicyclic) bond motifs is 1. The molecule has 178 valence electrons. The molecule has 1 N–H and O–H groups in total. The second-order valence-electron chi connectivity index (χ2n) is 9.45. The molecule has 0 radical (unpaired) electrons. The zero-order chi connectivity index (χ0) is 24.3. The lowest BCUT2D eigenvalue weighted by molar-refractivity contribution is -0.113. The lowest BCUT2D eigenvalue weighted by Gasteiger charge is -2.33. The fourth-order valence-electron chi connectivity index (χ4n) is 4.11. The molecule has 34 heavy (non-hydrogen) atoms. The van der Waals surface area contributed by atoms with Crippen LogP contribution in [0.15, 0.2) is 33.9 Å². The molecule has 2 heterocycles. The summed E-state index contributed by atoms with van der Waals surface area (Å²) in [6.07, 6.45) is 3.43. The predicted octanol–water partition coefficient (Wildman–Crippen LogP) is 5.48. The summed E-state index contributed by atoms with van der Waals surface area (Å²) in [5.74, 6) is 1.79. The van der Waals surface area contributed by atoms with Crippen LogP contribution in [0.2, 0.25) is 0 Å². The van der Waals surface area contributed by atoms with Crippen LogP contribution in [0.25, 0.3) is 0 Å². The number of carbonyl (C=O) groups is 1. The number of thiophene rings is 1. The molecule has 1 aliphatic rings. The Kier molecular flexibility index (Phi) is 7.29. The van der Waals surface area contributed by atoms with Gasteiger partial charge in [-0.2, -0.15) is 5.26 Å². The lowest BCUT2D eigenvalue weighted by Crippen LogP contribution is -2.26. The van der Waals surface area contributed by atoms with Gasteiger partial charge in [0.2, 0.25) is 11.8 Å². The van der Waals surface area contributed by atoms with E-state index in [1.807, 2.05) is 24.3 Å². The van der Waals surface area contributed by atoms with E-state index in [0.29, 0.717) is 34.0 Å². The number of amides is 1. The van der Waals surface area contributed by atoms with Gasteiger partial charge < -0.3 is 14.5 Å². The second-order valence-corrected chi connectivity index (χ2v) is 11.5. The fraction of sp³-hybridized carbons (Fsp3) is 0.440. The Balaban J connectivity index is 1.34. The number of nitrogens with zero attached hydrogens (tertiary/aromatic N) is 3. The average molecular weight is 497 g/mol. The highest BCUT2D eigenvalue weighted by atomic mass is 32.2. The number of carbonyl (C=O) groups excluding carboxylic acids is 1. The SMILES string of the molecule is COc1ccc(Cc2nnc(SCC(=O)Nc3sc4c(c3C#N)CC[C@H](C(C)(C)C)C4)o2)cc1. The van der Waals surface area contributed by atoms with E-state index in [1.54, 1.807) is 18.4 Å². The molecule has 3 aromatic rings. The lowest BCUT2D eigenvalue weighted by atomic mass is 9.72. The van der Waals surface area contributed by atoms with Gasteiger partial charge in [-0.25, -0.2) is 0 Å².